The van der Waals surface area contributed by atoms with Crippen molar-refractivity contribution in [3.63, 3.8) is 0 Å². The molecule has 0 aromatic carbocycles. The molecule has 0 spiro atoms. The van der Waals surface area contributed by atoms with Gasteiger partial charge < -0.3 is 10.3 Å². The van der Waals surface area contributed by atoms with E-state index in [4.69, 9.17) is 10.3 Å². The molecule has 2 N–H and O–H groups in total. The van der Waals surface area contributed by atoms with E-state index in [9.17, 15) is 0 Å². The minimum Gasteiger partial charge on any atom is -0.338 e. The third-order valence-corrected chi connectivity index (χ3v) is 2.16. The molecule has 1 rings (SSSR count). The molecule has 80 valence electrons. The Morgan fingerprint density at radius 1 is 1.43 bits per heavy atom. The van der Waals surface area contributed by atoms with E-state index in [0.717, 1.165) is 18.7 Å². The maximum Gasteiger partial charge on any atom is 0.244 e. The summed E-state index contributed by atoms with van der Waals surface area (Å²) in [7, 11) is 0. The minimum atomic E-state index is -0.194. The van der Waals surface area contributed by atoms with Gasteiger partial charge in [0.2, 0.25) is 5.89 Å². The summed E-state index contributed by atoms with van der Waals surface area (Å²) in [5.41, 5.74) is 5.94. The third kappa shape index (κ3) is 2.54. The second-order valence-corrected chi connectivity index (χ2v) is 4.64. The summed E-state index contributed by atoms with van der Waals surface area (Å²) in [5, 5.41) is 3.87. The van der Waals surface area contributed by atoms with Crippen LogP contribution in [0.25, 0.3) is 0 Å². The Morgan fingerprint density at radius 2 is 2.07 bits per heavy atom. The topological polar surface area (TPSA) is 64.9 Å². The van der Waals surface area contributed by atoms with E-state index < -0.39 is 0 Å². The highest BCUT2D eigenvalue weighted by atomic mass is 16.5. The maximum atomic E-state index is 5.99. The smallest absolute Gasteiger partial charge is 0.244 e. The third-order valence-electron chi connectivity index (χ3n) is 2.16. The van der Waals surface area contributed by atoms with Crippen molar-refractivity contribution in [1.82, 2.24) is 10.1 Å². The molecule has 1 heterocycles. The van der Waals surface area contributed by atoms with Gasteiger partial charge in [0.1, 0.15) is 0 Å². The predicted octanol–water partition coefficient (Wildman–Crippen LogP) is 2.07. The monoisotopic (exact) mass is 197 g/mol. The standard InChI is InChI=1S/C10H19N3O/c1-5-6-7-12-9(14-13-7)8(11)10(2,3)4/h8H,5-6,11H2,1-4H3. The van der Waals surface area contributed by atoms with Crippen LogP contribution in [0.5, 0.6) is 0 Å². The lowest BCUT2D eigenvalue weighted by Gasteiger charge is -2.23. The fraction of sp³-hybridized carbons (Fsp3) is 0.800. The lowest BCUT2D eigenvalue weighted by atomic mass is 9.87. The van der Waals surface area contributed by atoms with Gasteiger partial charge in [-0.15, -0.1) is 0 Å². The molecule has 0 aliphatic carbocycles. The zero-order valence-corrected chi connectivity index (χ0v) is 9.37. The van der Waals surface area contributed by atoms with Crippen LogP contribution in [0, 0.1) is 5.41 Å². The average molecular weight is 197 g/mol. The van der Waals surface area contributed by atoms with Gasteiger partial charge >= 0.3 is 0 Å². The second-order valence-electron chi connectivity index (χ2n) is 4.64. The van der Waals surface area contributed by atoms with Gasteiger partial charge in [0.15, 0.2) is 5.82 Å². The highest BCUT2D eigenvalue weighted by Crippen LogP contribution is 2.29. The Morgan fingerprint density at radius 3 is 2.57 bits per heavy atom. The minimum absolute atomic E-state index is 0.0456. The summed E-state index contributed by atoms with van der Waals surface area (Å²) < 4.78 is 5.12. The van der Waals surface area contributed by atoms with E-state index >= 15 is 0 Å². The first-order chi connectivity index (χ1) is 6.45. The van der Waals surface area contributed by atoms with Gasteiger partial charge in [-0.05, 0) is 11.8 Å². The summed E-state index contributed by atoms with van der Waals surface area (Å²) in [6.45, 7) is 8.25. The molecule has 0 saturated carbocycles. The Bertz CT molecular complexity index is 288. The van der Waals surface area contributed by atoms with Crippen LogP contribution in [0.1, 0.15) is 51.9 Å². The average Bonchev–Trinajstić information content (AvgIpc) is 2.50. The summed E-state index contributed by atoms with van der Waals surface area (Å²) in [4.78, 5) is 4.26. The normalized spacial score (nSPS) is 14.4. The molecule has 0 amide bonds. The van der Waals surface area contributed by atoms with Gasteiger partial charge in [-0.2, -0.15) is 4.98 Å². The molecule has 0 aliphatic heterocycles. The number of nitrogens with two attached hydrogens (primary N) is 1. The molecule has 1 unspecified atom stereocenters. The lowest BCUT2D eigenvalue weighted by molar-refractivity contribution is 0.252. The quantitative estimate of drug-likeness (QED) is 0.805. The predicted molar refractivity (Wildman–Crippen MR) is 54.7 cm³/mol. The Balaban J connectivity index is 2.76. The van der Waals surface area contributed by atoms with Crippen molar-refractivity contribution in [2.45, 2.75) is 46.6 Å². The fourth-order valence-electron chi connectivity index (χ4n) is 1.09. The molecule has 0 fully saturated rings. The number of hydrogen-bond acceptors (Lipinski definition) is 4. The summed E-state index contributed by atoms with van der Waals surface area (Å²) in [6, 6.07) is -0.194. The van der Waals surface area contributed by atoms with E-state index in [1.165, 1.54) is 0 Å². The number of aryl methyl sites for hydroxylation is 1. The molecule has 0 aliphatic rings. The molecule has 0 bridgehead atoms. The van der Waals surface area contributed by atoms with E-state index in [0.29, 0.717) is 5.89 Å². The van der Waals surface area contributed by atoms with E-state index in [1.54, 1.807) is 0 Å². The van der Waals surface area contributed by atoms with Crippen molar-refractivity contribution in [2.75, 3.05) is 0 Å². The number of nitrogens with zero attached hydrogens (tertiary/aromatic N) is 2. The largest absolute Gasteiger partial charge is 0.338 e. The van der Waals surface area contributed by atoms with E-state index in [1.807, 2.05) is 0 Å². The van der Waals surface area contributed by atoms with Gasteiger partial charge in [-0.3, -0.25) is 0 Å². The van der Waals surface area contributed by atoms with Crippen LogP contribution < -0.4 is 5.73 Å². The van der Waals surface area contributed by atoms with Gasteiger partial charge in [0, 0.05) is 6.42 Å². The van der Waals surface area contributed by atoms with Crippen molar-refractivity contribution < 1.29 is 4.52 Å². The zero-order valence-electron chi connectivity index (χ0n) is 9.37. The first kappa shape index (κ1) is 11.2. The first-order valence-electron chi connectivity index (χ1n) is 5.03. The fourth-order valence-corrected chi connectivity index (χ4v) is 1.09. The Kier molecular flexibility index (Phi) is 3.26. The molecule has 4 nitrogen and oxygen atoms in total. The van der Waals surface area contributed by atoms with Crippen LogP contribution in [0.15, 0.2) is 4.52 Å². The molecule has 0 saturated heterocycles. The van der Waals surface area contributed by atoms with Crippen LogP contribution >= 0.6 is 0 Å². The molecule has 1 aromatic rings. The van der Waals surface area contributed by atoms with Gasteiger partial charge in [-0.1, -0.05) is 32.9 Å². The number of hydrogen-bond donors (Lipinski definition) is 1. The Labute approximate surface area is 84.9 Å². The van der Waals surface area contributed by atoms with Crippen LogP contribution in [-0.4, -0.2) is 10.1 Å². The summed E-state index contributed by atoms with van der Waals surface area (Å²) in [5.74, 6) is 1.29. The molecule has 1 aromatic heterocycles. The lowest BCUT2D eigenvalue weighted by Crippen LogP contribution is -2.26. The number of rotatable bonds is 3. The highest BCUT2D eigenvalue weighted by Gasteiger charge is 2.27. The molecular formula is C10H19N3O. The molecule has 0 radical (unpaired) electrons. The highest BCUT2D eigenvalue weighted by molar-refractivity contribution is 4.96. The van der Waals surface area contributed by atoms with Crippen molar-refractivity contribution in [1.29, 1.82) is 0 Å². The van der Waals surface area contributed by atoms with E-state index in [-0.39, 0.29) is 11.5 Å². The second kappa shape index (κ2) is 4.09. The van der Waals surface area contributed by atoms with Crippen LogP contribution in [0.3, 0.4) is 0 Å². The van der Waals surface area contributed by atoms with Crippen molar-refractivity contribution in [2.24, 2.45) is 11.1 Å². The first-order valence-corrected chi connectivity index (χ1v) is 5.03. The molecular weight excluding hydrogens is 178 g/mol. The molecule has 4 heteroatoms. The zero-order chi connectivity index (χ0) is 10.8. The van der Waals surface area contributed by atoms with Crippen LogP contribution in [0.4, 0.5) is 0 Å². The van der Waals surface area contributed by atoms with Gasteiger partial charge in [0.05, 0.1) is 6.04 Å². The van der Waals surface area contributed by atoms with Gasteiger partial charge in [-0.25, -0.2) is 0 Å². The van der Waals surface area contributed by atoms with Gasteiger partial charge in [0.25, 0.3) is 0 Å². The SMILES string of the molecule is CCCc1noc(C(N)C(C)(C)C)n1. The van der Waals surface area contributed by atoms with Crippen LogP contribution in [-0.2, 0) is 6.42 Å². The maximum absolute atomic E-state index is 5.99. The Hall–Kier alpha value is -0.900. The van der Waals surface area contributed by atoms with E-state index in [2.05, 4.69) is 37.8 Å². The van der Waals surface area contributed by atoms with Crippen LogP contribution in [0.2, 0.25) is 0 Å². The van der Waals surface area contributed by atoms with Crippen molar-refractivity contribution >= 4 is 0 Å². The van der Waals surface area contributed by atoms with Crippen molar-refractivity contribution in [3.05, 3.63) is 11.7 Å². The summed E-state index contributed by atoms with van der Waals surface area (Å²) >= 11 is 0. The summed E-state index contributed by atoms with van der Waals surface area (Å²) in [6.07, 6.45) is 1.87. The molecule has 14 heavy (non-hydrogen) atoms. The van der Waals surface area contributed by atoms with Crippen molar-refractivity contribution in [3.8, 4) is 0 Å². The number of aromatic nitrogens is 2. The molecule has 1 atom stereocenters.